The average Bonchev–Trinajstić information content (AvgIpc) is 2.41. The summed E-state index contributed by atoms with van der Waals surface area (Å²) >= 11 is 0. The van der Waals surface area contributed by atoms with Gasteiger partial charge in [-0.1, -0.05) is 44.2 Å². The number of nitrogens with two attached hydrogens (primary N) is 1. The first-order valence-electron chi connectivity index (χ1n) is 6.97. The van der Waals surface area contributed by atoms with Crippen LogP contribution in [0.25, 0.3) is 0 Å². The van der Waals surface area contributed by atoms with Crippen molar-refractivity contribution in [1.82, 2.24) is 0 Å². The van der Waals surface area contributed by atoms with Gasteiger partial charge in [0.05, 0.1) is 16.3 Å². The van der Waals surface area contributed by atoms with Crippen LogP contribution in [0.3, 0.4) is 0 Å². The van der Waals surface area contributed by atoms with Crippen LogP contribution >= 0.6 is 0 Å². The van der Waals surface area contributed by atoms with E-state index in [-0.39, 0.29) is 10.6 Å². The third kappa shape index (κ3) is 3.64. The molecule has 112 valence electrons. The molecule has 2 aromatic rings. The summed E-state index contributed by atoms with van der Waals surface area (Å²) in [7, 11) is -3.42. The van der Waals surface area contributed by atoms with Crippen LogP contribution in [0, 0.1) is 6.92 Å². The fourth-order valence-electron chi connectivity index (χ4n) is 2.21. The predicted molar refractivity (Wildman–Crippen MR) is 87.0 cm³/mol. The lowest BCUT2D eigenvalue weighted by molar-refractivity contribution is 0.595. The zero-order valence-corrected chi connectivity index (χ0v) is 13.4. The molecule has 0 spiro atoms. The quantitative estimate of drug-likeness (QED) is 0.877. The molecule has 4 heteroatoms. The topological polar surface area (TPSA) is 60.2 Å². The minimum absolute atomic E-state index is 0.0287. The Bertz CT molecular complexity index is 732. The summed E-state index contributed by atoms with van der Waals surface area (Å²) in [5.41, 5.74) is 8.98. The third-order valence-electron chi connectivity index (χ3n) is 3.51. The first-order valence-corrected chi connectivity index (χ1v) is 8.62. The van der Waals surface area contributed by atoms with Crippen molar-refractivity contribution in [3.05, 3.63) is 59.2 Å². The van der Waals surface area contributed by atoms with Gasteiger partial charge in [0.15, 0.2) is 9.84 Å². The van der Waals surface area contributed by atoms with E-state index < -0.39 is 9.84 Å². The van der Waals surface area contributed by atoms with E-state index in [0.717, 1.165) is 11.1 Å². The summed E-state index contributed by atoms with van der Waals surface area (Å²) in [4.78, 5) is 0.218. The summed E-state index contributed by atoms with van der Waals surface area (Å²) in [6.07, 6.45) is 0. The Morgan fingerprint density at radius 2 is 1.67 bits per heavy atom. The van der Waals surface area contributed by atoms with E-state index in [9.17, 15) is 8.42 Å². The van der Waals surface area contributed by atoms with Crippen LogP contribution in [0.15, 0.2) is 47.4 Å². The summed E-state index contributed by atoms with van der Waals surface area (Å²) in [6.45, 7) is 6.08. The molecular formula is C17H21NO2S. The molecule has 0 saturated carbocycles. The number of rotatable bonds is 4. The van der Waals surface area contributed by atoms with Gasteiger partial charge < -0.3 is 5.73 Å². The first-order chi connectivity index (χ1) is 9.79. The third-order valence-corrected chi connectivity index (χ3v) is 5.24. The van der Waals surface area contributed by atoms with Crippen LogP contribution in [-0.4, -0.2) is 8.42 Å². The minimum Gasteiger partial charge on any atom is -0.398 e. The van der Waals surface area contributed by atoms with Crippen LogP contribution in [0.2, 0.25) is 0 Å². The van der Waals surface area contributed by atoms with Crippen molar-refractivity contribution < 1.29 is 8.42 Å². The van der Waals surface area contributed by atoms with Gasteiger partial charge >= 0.3 is 0 Å². The highest BCUT2D eigenvalue weighted by atomic mass is 32.2. The molecule has 0 aliphatic heterocycles. The van der Waals surface area contributed by atoms with Gasteiger partial charge in [-0.25, -0.2) is 8.42 Å². The van der Waals surface area contributed by atoms with Gasteiger partial charge in [0, 0.05) is 0 Å². The van der Waals surface area contributed by atoms with Crippen LogP contribution < -0.4 is 5.73 Å². The Morgan fingerprint density at radius 1 is 1.05 bits per heavy atom. The van der Waals surface area contributed by atoms with Gasteiger partial charge in [-0.15, -0.1) is 0 Å². The molecule has 0 aromatic heterocycles. The van der Waals surface area contributed by atoms with Gasteiger partial charge in [-0.2, -0.15) is 0 Å². The lowest BCUT2D eigenvalue weighted by Gasteiger charge is -2.10. The zero-order valence-electron chi connectivity index (χ0n) is 12.6. The Hall–Kier alpha value is -1.81. The molecule has 0 aliphatic carbocycles. The minimum atomic E-state index is -3.42. The standard InChI is InChI=1S/C17H21NO2S/c1-12(2)15-7-5-14(6-8-15)11-21(19,20)17-10-13(3)4-9-16(17)18/h4-10,12H,11,18H2,1-3H3. The Kier molecular flexibility index (Phi) is 4.37. The first kappa shape index (κ1) is 15.6. The summed E-state index contributed by atoms with van der Waals surface area (Å²) < 4.78 is 25.0. The molecule has 2 rings (SSSR count). The zero-order chi connectivity index (χ0) is 15.6. The molecule has 0 aliphatic rings. The van der Waals surface area contributed by atoms with Crippen molar-refractivity contribution in [3.8, 4) is 0 Å². The van der Waals surface area contributed by atoms with E-state index >= 15 is 0 Å². The summed E-state index contributed by atoms with van der Waals surface area (Å²) in [5, 5.41) is 0. The monoisotopic (exact) mass is 303 g/mol. The van der Waals surface area contributed by atoms with Gasteiger partial charge in [0.2, 0.25) is 0 Å². The van der Waals surface area contributed by atoms with Crippen LogP contribution in [-0.2, 0) is 15.6 Å². The molecule has 0 saturated heterocycles. The van der Waals surface area contributed by atoms with Crippen molar-refractivity contribution in [2.24, 2.45) is 0 Å². The number of aryl methyl sites for hydroxylation is 1. The second-order valence-electron chi connectivity index (χ2n) is 5.70. The number of nitrogen functional groups attached to an aromatic ring is 1. The normalized spacial score (nSPS) is 11.8. The van der Waals surface area contributed by atoms with Gasteiger partial charge in [-0.05, 0) is 41.7 Å². The molecule has 0 amide bonds. The smallest absolute Gasteiger partial charge is 0.184 e. The molecule has 0 bridgehead atoms. The van der Waals surface area contributed by atoms with E-state index in [2.05, 4.69) is 13.8 Å². The van der Waals surface area contributed by atoms with E-state index in [1.165, 1.54) is 5.56 Å². The molecule has 2 aromatic carbocycles. The lowest BCUT2D eigenvalue weighted by atomic mass is 10.0. The predicted octanol–water partition coefficient (Wildman–Crippen LogP) is 3.67. The van der Waals surface area contributed by atoms with Crippen molar-refractivity contribution in [3.63, 3.8) is 0 Å². The van der Waals surface area contributed by atoms with Crippen LogP contribution in [0.5, 0.6) is 0 Å². The SMILES string of the molecule is Cc1ccc(N)c(S(=O)(=O)Cc2ccc(C(C)C)cc2)c1. The maximum absolute atomic E-state index is 12.5. The number of hydrogen-bond donors (Lipinski definition) is 1. The lowest BCUT2D eigenvalue weighted by Crippen LogP contribution is -2.08. The van der Waals surface area contributed by atoms with Crippen molar-refractivity contribution >= 4 is 15.5 Å². The second kappa shape index (κ2) is 5.90. The number of anilines is 1. The van der Waals surface area contributed by atoms with Crippen molar-refractivity contribution in [2.45, 2.75) is 37.3 Å². The highest BCUT2D eigenvalue weighted by molar-refractivity contribution is 7.90. The molecule has 21 heavy (non-hydrogen) atoms. The molecule has 0 fully saturated rings. The summed E-state index contributed by atoms with van der Waals surface area (Å²) in [5.74, 6) is 0.405. The Labute approximate surface area is 126 Å². The number of hydrogen-bond acceptors (Lipinski definition) is 3. The molecule has 2 N–H and O–H groups in total. The van der Waals surface area contributed by atoms with Crippen LogP contribution in [0.1, 0.15) is 36.5 Å². The van der Waals surface area contributed by atoms with E-state index in [4.69, 9.17) is 5.73 Å². The highest BCUT2D eigenvalue weighted by Crippen LogP contribution is 2.24. The maximum Gasteiger partial charge on any atom is 0.184 e. The Morgan fingerprint density at radius 3 is 2.24 bits per heavy atom. The average molecular weight is 303 g/mol. The van der Waals surface area contributed by atoms with E-state index in [0.29, 0.717) is 11.6 Å². The molecule has 0 unspecified atom stereocenters. The van der Waals surface area contributed by atoms with Crippen molar-refractivity contribution in [2.75, 3.05) is 5.73 Å². The molecular weight excluding hydrogens is 282 g/mol. The van der Waals surface area contributed by atoms with Crippen molar-refractivity contribution in [1.29, 1.82) is 0 Å². The largest absolute Gasteiger partial charge is 0.398 e. The molecule has 0 radical (unpaired) electrons. The maximum atomic E-state index is 12.5. The van der Waals surface area contributed by atoms with E-state index in [1.54, 1.807) is 12.1 Å². The Balaban J connectivity index is 2.31. The van der Waals surface area contributed by atoms with Crippen LogP contribution in [0.4, 0.5) is 5.69 Å². The molecule has 3 nitrogen and oxygen atoms in total. The van der Waals surface area contributed by atoms with Gasteiger partial charge in [0.25, 0.3) is 0 Å². The van der Waals surface area contributed by atoms with Gasteiger partial charge in [0.1, 0.15) is 0 Å². The number of benzene rings is 2. The second-order valence-corrected chi connectivity index (χ2v) is 7.65. The fraction of sp³-hybridized carbons (Fsp3) is 0.294. The summed E-state index contributed by atoms with van der Waals surface area (Å²) in [6, 6.07) is 12.8. The molecule has 0 heterocycles. The number of sulfone groups is 1. The highest BCUT2D eigenvalue weighted by Gasteiger charge is 2.18. The van der Waals surface area contributed by atoms with Gasteiger partial charge in [-0.3, -0.25) is 0 Å². The van der Waals surface area contributed by atoms with E-state index in [1.807, 2.05) is 37.3 Å². The molecule has 0 atom stereocenters. The fourth-order valence-corrected chi connectivity index (χ4v) is 3.79.